The lowest BCUT2D eigenvalue weighted by molar-refractivity contribution is -0.118. The SMILES string of the molecule is CC(=O)NCCc1ccc(-c2csc(NC(=O)c3ccccn3)n2)s1. The van der Waals surface area contributed by atoms with E-state index < -0.39 is 0 Å². The van der Waals surface area contributed by atoms with E-state index in [1.165, 1.54) is 23.1 Å². The Morgan fingerprint density at radius 3 is 2.84 bits per heavy atom. The lowest BCUT2D eigenvalue weighted by atomic mass is 10.3. The molecule has 0 unspecified atom stereocenters. The van der Waals surface area contributed by atoms with Crippen molar-refractivity contribution in [1.29, 1.82) is 0 Å². The third kappa shape index (κ3) is 4.71. The van der Waals surface area contributed by atoms with Crippen LogP contribution in [0, 0.1) is 0 Å². The van der Waals surface area contributed by atoms with Crippen molar-refractivity contribution < 1.29 is 9.59 Å². The van der Waals surface area contributed by atoms with Crippen LogP contribution in [0.4, 0.5) is 5.13 Å². The Morgan fingerprint density at radius 1 is 1.20 bits per heavy atom. The third-order valence-electron chi connectivity index (χ3n) is 3.28. The molecule has 0 aromatic carbocycles. The third-order valence-corrected chi connectivity index (χ3v) is 5.21. The smallest absolute Gasteiger partial charge is 0.276 e. The average Bonchev–Trinajstić information content (AvgIpc) is 3.24. The van der Waals surface area contributed by atoms with Crippen molar-refractivity contribution >= 4 is 39.6 Å². The minimum absolute atomic E-state index is 0.0235. The van der Waals surface area contributed by atoms with Gasteiger partial charge in [-0.25, -0.2) is 4.98 Å². The van der Waals surface area contributed by atoms with Gasteiger partial charge in [-0.3, -0.25) is 19.9 Å². The van der Waals surface area contributed by atoms with Gasteiger partial charge in [-0.05, 0) is 30.7 Å². The Kier molecular flexibility index (Phi) is 5.52. The molecule has 0 bridgehead atoms. The zero-order valence-electron chi connectivity index (χ0n) is 13.5. The van der Waals surface area contributed by atoms with E-state index in [1.807, 2.05) is 17.5 Å². The molecule has 0 spiro atoms. The molecule has 0 saturated heterocycles. The van der Waals surface area contributed by atoms with Crippen LogP contribution in [0.5, 0.6) is 0 Å². The first-order valence-electron chi connectivity index (χ1n) is 7.63. The molecule has 3 aromatic heterocycles. The fourth-order valence-electron chi connectivity index (χ4n) is 2.11. The van der Waals surface area contributed by atoms with Crippen molar-refractivity contribution in [3.8, 4) is 10.6 Å². The van der Waals surface area contributed by atoms with Crippen molar-refractivity contribution in [2.24, 2.45) is 0 Å². The van der Waals surface area contributed by atoms with Crippen LogP contribution in [-0.2, 0) is 11.2 Å². The largest absolute Gasteiger partial charge is 0.356 e. The molecule has 0 aliphatic rings. The molecule has 6 nitrogen and oxygen atoms in total. The predicted molar refractivity (Wildman–Crippen MR) is 100 cm³/mol. The fraction of sp³-hybridized carbons (Fsp3) is 0.176. The number of thiazole rings is 1. The first-order valence-corrected chi connectivity index (χ1v) is 9.33. The molecule has 0 aliphatic heterocycles. The minimum Gasteiger partial charge on any atom is -0.356 e. The standard InChI is InChI=1S/C17H16N4O2S2/c1-11(22)18-9-7-12-5-6-15(25-12)14-10-24-17(20-14)21-16(23)13-4-2-3-8-19-13/h2-6,8,10H,7,9H2,1H3,(H,18,22)(H,20,21,23). The van der Waals surface area contributed by atoms with Gasteiger partial charge in [0.25, 0.3) is 5.91 Å². The number of pyridine rings is 1. The Hall–Kier alpha value is -2.58. The van der Waals surface area contributed by atoms with Crippen LogP contribution < -0.4 is 10.6 Å². The molecular formula is C17H16N4O2S2. The monoisotopic (exact) mass is 372 g/mol. The van der Waals surface area contributed by atoms with E-state index in [1.54, 1.807) is 35.7 Å². The van der Waals surface area contributed by atoms with Crippen molar-refractivity contribution in [2.45, 2.75) is 13.3 Å². The molecule has 2 amide bonds. The predicted octanol–water partition coefficient (Wildman–Crippen LogP) is 3.20. The molecule has 0 fully saturated rings. The van der Waals surface area contributed by atoms with Gasteiger partial charge in [0.1, 0.15) is 5.69 Å². The minimum atomic E-state index is -0.274. The van der Waals surface area contributed by atoms with Crippen molar-refractivity contribution in [1.82, 2.24) is 15.3 Å². The van der Waals surface area contributed by atoms with Crippen LogP contribution in [0.3, 0.4) is 0 Å². The number of hydrogen-bond donors (Lipinski definition) is 2. The molecule has 3 aromatic rings. The van der Waals surface area contributed by atoms with Crippen LogP contribution in [0.15, 0.2) is 41.9 Å². The fourth-order valence-corrected chi connectivity index (χ4v) is 3.86. The summed E-state index contributed by atoms with van der Waals surface area (Å²) < 4.78 is 0. The maximum absolute atomic E-state index is 12.1. The lowest BCUT2D eigenvalue weighted by Gasteiger charge is -1.99. The van der Waals surface area contributed by atoms with E-state index in [2.05, 4.69) is 20.6 Å². The van der Waals surface area contributed by atoms with E-state index >= 15 is 0 Å². The zero-order valence-corrected chi connectivity index (χ0v) is 15.1. The van der Waals surface area contributed by atoms with E-state index in [0.29, 0.717) is 17.4 Å². The number of amides is 2. The van der Waals surface area contributed by atoms with Gasteiger partial charge in [0.05, 0.1) is 10.6 Å². The summed E-state index contributed by atoms with van der Waals surface area (Å²) in [5.41, 5.74) is 1.19. The number of hydrogen-bond acceptors (Lipinski definition) is 6. The first kappa shape index (κ1) is 17.2. The van der Waals surface area contributed by atoms with Gasteiger partial charge in [-0.2, -0.15) is 0 Å². The second kappa shape index (κ2) is 8.00. The van der Waals surface area contributed by atoms with Crippen LogP contribution in [0.1, 0.15) is 22.3 Å². The molecular weight excluding hydrogens is 356 g/mol. The second-order valence-electron chi connectivity index (χ2n) is 5.21. The highest BCUT2D eigenvalue weighted by molar-refractivity contribution is 7.17. The van der Waals surface area contributed by atoms with Gasteiger partial charge in [0, 0.05) is 29.9 Å². The lowest BCUT2D eigenvalue weighted by Crippen LogP contribution is -2.21. The normalized spacial score (nSPS) is 10.4. The maximum Gasteiger partial charge on any atom is 0.276 e. The van der Waals surface area contributed by atoms with Gasteiger partial charge >= 0.3 is 0 Å². The molecule has 0 radical (unpaired) electrons. The Bertz CT molecular complexity index is 874. The van der Waals surface area contributed by atoms with Crippen molar-refractivity contribution in [3.63, 3.8) is 0 Å². The van der Waals surface area contributed by atoms with Gasteiger partial charge < -0.3 is 5.32 Å². The van der Waals surface area contributed by atoms with Crippen LogP contribution in [0.25, 0.3) is 10.6 Å². The highest BCUT2D eigenvalue weighted by Gasteiger charge is 2.12. The molecule has 128 valence electrons. The molecule has 0 saturated carbocycles. The van der Waals surface area contributed by atoms with Crippen LogP contribution in [0.2, 0.25) is 0 Å². The quantitative estimate of drug-likeness (QED) is 0.696. The molecule has 0 aliphatic carbocycles. The molecule has 0 atom stereocenters. The second-order valence-corrected chi connectivity index (χ2v) is 7.23. The van der Waals surface area contributed by atoms with Crippen LogP contribution in [-0.4, -0.2) is 28.3 Å². The topological polar surface area (TPSA) is 84.0 Å². The van der Waals surface area contributed by atoms with Crippen molar-refractivity contribution in [3.05, 3.63) is 52.5 Å². The van der Waals surface area contributed by atoms with Gasteiger partial charge in [-0.15, -0.1) is 22.7 Å². The summed E-state index contributed by atoms with van der Waals surface area (Å²) in [6.07, 6.45) is 2.37. The first-order chi connectivity index (χ1) is 12.1. The molecule has 3 heterocycles. The summed E-state index contributed by atoms with van der Waals surface area (Å²) in [6, 6.07) is 9.23. The highest BCUT2D eigenvalue weighted by atomic mass is 32.1. The number of anilines is 1. The molecule has 3 rings (SSSR count). The number of rotatable bonds is 6. The van der Waals surface area contributed by atoms with Gasteiger partial charge in [0.15, 0.2) is 5.13 Å². The van der Waals surface area contributed by atoms with Gasteiger partial charge in [0.2, 0.25) is 5.91 Å². The van der Waals surface area contributed by atoms with Crippen LogP contribution >= 0.6 is 22.7 Å². The summed E-state index contributed by atoms with van der Waals surface area (Å²) in [5, 5.41) is 8.00. The summed E-state index contributed by atoms with van der Waals surface area (Å²) in [4.78, 5) is 33.7. The molecule has 8 heteroatoms. The summed E-state index contributed by atoms with van der Waals surface area (Å²) >= 11 is 3.01. The summed E-state index contributed by atoms with van der Waals surface area (Å²) in [7, 11) is 0. The summed E-state index contributed by atoms with van der Waals surface area (Å²) in [6.45, 7) is 2.13. The Balaban J connectivity index is 1.62. The van der Waals surface area contributed by atoms with E-state index in [4.69, 9.17) is 0 Å². The Labute approximate surface area is 153 Å². The van der Waals surface area contributed by atoms with E-state index in [0.717, 1.165) is 17.0 Å². The number of carbonyl (C=O) groups is 2. The molecule has 25 heavy (non-hydrogen) atoms. The highest BCUT2D eigenvalue weighted by Crippen LogP contribution is 2.31. The van der Waals surface area contributed by atoms with Crippen molar-refractivity contribution in [2.75, 3.05) is 11.9 Å². The average molecular weight is 372 g/mol. The number of carbonyl (C=O) groups excluding carboxylic acids is 2. The number of aromatic nitrogens is 2. The Morgan fingerprint density at radius 2 is 2.08 bits per heavy atom. The number of nitrogens with one attached hydrogen (secondary N) is 2. The molecule has 2 N–H and O–H groups in total. The van der Waals surface area contributed by atoms with Gasteiger partial charge in [-0.1, -0.05) is 6.07 Å². The number of thiophene rings is 1. The zero-order chi connectivity index (χ0) is 17.6. The van der Waals surface area contributed by atoms with E-state index in [-0.39, 0.29) is 11.8 Å². The summed E-state index contributed by atoms with van der Waals surface area (Å²) in [5.74, 6) is -0.298. The van der Waals surface area contributed by atoms with E-state index in [9.17, 15) is 9.59 Å². The number of nitrogens with zero attached hydrogens (tertiary/aromatic N) is 2. The maximum atomic E-state index is 12.1.